The summed E-state index contributed by atoms with van der Waals surface area (Å²) in [5, 5.41) is 2.79. The number of hydrogen-bond donors (Lipinski definition) is 1. The molecule has 6 heteroatoms. The number of amides is 1. The molecule has 0 saturated carbocycles. The van der Waals surface area contributed by atoms with E-state index in [2.05, 4.69) is 11.4 Å². The summed E-state index contributed by atoms with van der Waals surface area (Å²) < 4.78 is 0. The molecule has 2 aromatic rings. The van der Waals surface area contributed by atoms with Crippen LogP contribution in [0.5, 0.6) is 0 Å². The summed E-state index contributed by atoms with van der Waals surface area (Å²) in [7, 11) is 0. The molecule has 0 fully saturated rings. The fourth-order valence-electron chi connectivity index (χ4n) is 5.53. The van der Waals surface area contributed by atoms with Gasteiger partial charge in [-0.15, -0.1) is 0 Å². The number of benzene rings is 2. The second kappa shape index (κ2) is 13.3. The summed E-state index contributed by atoms with van der Waals surface area (Å²) in [5.74, 6) is -3.31. The number of nitrogens with one attached hydrogen (secondary N) is 1. The lowest BCUT2D eigenvalue weighted by Gasteiger charge is -2.30. The van der Waals surface area contributed by atoms with Gasteiger partial charge in [-0.3, -0.25) is 24.0 Å². The van der Waals surface area contributed by atoms with Gasteiger partial charge >= 0.3 is 0 Å². The third-order valence-electron chi connectivity index (χ3n) is 8.22. The second-order valence-electron chi connectivity index (χ2n) is 12.6. The van der Waals surface area contributed by atoms with E-state index >= 15 is 0 Å². The Morgan fingerprint density at radius 3 is 2.12 bits per heavy atom. The van der Waals surface area contributed by atoms with Crippen LogP contribution in [-0.4, -0.2) is 35.1 Å². The minimum atomic E-state index is -0.852. The second-order valence-corrected chi connectivity index (χ2v) is 12.6. The maximum absolute atomic E-state index is 13.3. The average Bonchev–Trinajstić information content (AvgIpc) is 3.31. The van der Waals surface area contributed by atoms with Crippen LogP contribution in [0.1, 0.15) is 94.6 Å². The molecule has 214 valence electrons. The van der Waals surface area contributed by atoms with Crippen molar-refractivity contribution in [2.75, 3.05) is 0 Å². The van der Waals surface area contributed by atoms with Gasteiger partial charge in [0.2, 0.25) is 11.7 Å². The molecule has 1 aliphatic carbocycles. The molecule has 0 aliphatic heterocycles. The highest BCUT2D eigenvalue weighted by Crippen LogP contribution is 2.36. The zero-order chi connectivity index (χ0) is 29.6. The number of ketones is 4. The molecule has 40 heavy (non-hydrogen) atoms. The first-order chi connectivity index (χ1) is 18.8. The summed E-state index contributed by atoms with van der Waals surface area (Å²) in [6.45, 7) is 10.9. The van der Waals surface area contributed by atoms with Crippen LogP contribution in [0, 0.1) is 23.2 Å². The first-order valence-corrected chi connectivity index (χ1v) is 14.4. The van der Waals surface area contributed by atoms with Gasteiger partial charge in [0.1, 0.15) is 0 Å². The number of fused-ring (bicyclic) bond motifs is 1. The van der Waals surface area contributed by atoms with E-state index in [1.54, 1.807) is 31.2 Å². The monoisotopic (exact) mass is 545 g/mol. The maximum Gasteiger partial charge on any atom is 0.224 e. The first-order valence-electron chi connectivity index (χ1n) is 14.4. The van der Waals surface area contributed by atoms with Crippen LogP contribution >= 0.6 is 0 Å². The van der Waals surface area contributed by atoms with Gasteiger partial charge in [-0.05, 0) is 48.1 Å². The minimum absolute atomic E-state index is 0.0200. The zero-order valence-electron chi connectivity index (χ0n) is 24.7. The molecular formula is C34H43NO5. The molecule has 2 aromatic carbocycles. The SMILES string of the molecule is CC(C)[C@H](CC(=O)[C@H](C)NC(=O)[C@@H](CC(=O)c1ccccc1)C(C)(C)C)C(=O)C(=O)C[C@H]1CCc2ccccc21. The fourth-order valence-corrected chi connectivity index (χ4v) is 5.53. The van der Waals surface area contributed by atoms with E-state index in [9.17, 15) is 24.0 Å². The van der Waals surface area contributed by atoms with Gasteiger partial charge in [0.25, 0.3) is 0 Å². The minimum Gasteiger partial charge on any atom is -0.346 e. The molecule has 0 aromatic heterocycles. The molecule has 0 heterocycles. The largest absolute Gasteiger partial charge is 0.346 e. The molecular weight excluding hydrogens is 502 g/mol. The van der Waals surface area contributed by atoms with E-state index in [-0.39, 0.29) is 48.6 Å². The molecule has 6 nitrogen and oxygen atoms in total. The van der Waals surface area contributed by atoms with Crippen molar-refractivity contribution in [2.24, 2.45) is 23.2 Å². The topological polar surface area (TPSA) is 97.4 Å². The van der Waals surface area contributed by atoms with E-state index in [1.165, 1.54) is 5.56 Å². The van der Waals surface area contributed by atoms with Gasteiger partial charge in [0, 0.05) is 30.7 Å². The van der Waals surface area contributed by atoms with Crippen LogP contribution in [0.2, 0.25) is 0 Å². The van der Waals surface area contributed by atoms with Crippen molar-refractivity contribution in [3.8, 4) is 0 Å². The number of carbonyl (C=O) groups is 5. The molecule has 1 aliphatic rings. The van der Waals surface area contributed by atoms with Crippen molar-refractivity contribution in [2.45, 2.75) is 85.6 Å². The van der Waals surface area contributed by atoms with Crippen molar-refractivity contribution in [3.63, 3.8) is 0 Å². The predicted molar refractivity (Wildman–Crippen MR) is 156 cm³/mol. The molecule has 4 atom stereocenters. The van der Waals surface area contributed by atoms with Crippen LogP contribution in [0.25, 0.3) is 0 Å². The van der Waals surface area contributed by atoms with Crippen LogP contribution in [0.15, 0.2) is 54.6 Å². The van der Waals surface area contributed by atoms with Crippen molar-refractivity contribution in [1.82, 2.24) is 5.32 Å². The van der Waals surface area contributed by atoms with E-state index < -0.39 is 34.9 Å². The number of rotatable bonds is 13. The van der Waals surface area contributed by atoms with E-state index in [0.29, 0.717) is 5.56 Å². The lowest BCUT2D eigenvalue weighted by molar-refractivity contribution is -0.141. The van der Waals surface area contributed by atoms with Crippen molar-refractivity contribution in [1.29, 1.82) is 0 Å². The van der Waals surface area contributed by atoms with Crippen molar-refractivity contribution in [3.05, 3.63) is 71.3 Å². The summed E-state index contributed by atoms with van der Waals surface area (Å²) in [6, 6.07) is 16.0. The zero-order valence-corrected chi connectivity index (χ0v) is 24.7. The van der Waals surface area contributed by atoms with Gasteiger partial charge in [-0.2, -0.15) is 0 Å². The fraction of sp³-hybridized carbons (Fsp3) is 0.500. The van der Waals surface area contributed by atoms with Gasteiger partial charge in [0.05, 0.1) is 12.0 Å². The van der Waals surface area contributed by atoms with E-state index in [1.807, 2.05) is 58.9 Å². The maximum atomic E-state index is 13.3. The lowest BCUT2D eigenvalue weighted by Crippen LogP contribution is -2.46. The normalized spacial score (nSPS) is 17.0. The van der Waals surface area contributed by atoms with Crippen LogP contribution in [-0.2, 0) is 25.6 Å². The molecule has 1 amide bonds. The highest BCUT2D eigenvalue weighted by Gasteiger charge is 2.37. The van der Waals surface area contributed by atoms with Gasteiger partial charge in [-0.1, -0.05) is 89.2 Å². The van der Waals surface area contributed by atoms with Gasteiger partial charge in [0.15, 0.2) is 17.3 Å². The number of Topliss-reactive ketones (excluding diaryl/α,β-unsaturated/α-hetero) is 4. The third kappa shape index (κ3) is 7.83. The molecule has 0 spiro atoms. The highest BCUT2D eigenvalue weighted by molar-refractivity contribution is 6.38. The Hall–Kier alpha value is -3.41. The van der Waals surface area contributed by atoms with E-state index in [4.69, 9.17) is 0 Å². The standard InChI is InChI=1S/C34H43NO5/c1-21(2)27(32(39)31(38)18-25-17-16-23-12-10-11-15-26(23)25)19-29(36)22(3)35-33(40)28(34(4,5)6)20-30(37)24-13-8-7-9-14-24/h7-15,21-22,25,27-28H,16-20H2,1-6H3,(H,35,40)/t22-,25+,27-,28+/m0/s1. The van der Waals surface area contributed by atoms with Crippen LogP contribution in [0.3, 0.4) is 0 Å². The Labute approximate surface area is 238 Å². The van der Waals surface area contributed by atoms with Crippen LogP contribution < -0.4 is 5.32 Å². The van der Waals surface area contributed by atoms with Gasteiger partial charge in [-0.25, -0.2) is 0 Å². The molecule has 0 saturated heterocycles. The Morgan fingerprint density at radius 2 is 1.50 bits per heavy atom. The number of hydrogen-bond acceptors (Lipinski definition) is 5. The van der Waals surface area contributed by atoms with Gasteiger partial charge < -0.3 is 5.32 Å². The van der Waals surface area contributed by atoms with E-state index in [0.717, 1.165) is 18.4 Å². The Morgan fingerprint density at radius 1 is 0.875 bits per heavy atom. The Bertz CT molecular complexity index is 1240. The quantitative estimate of drug-likeness (QED) is 0.249. The average molecular weight is 546 g/mol. The number of carbonyl (C=O) groups excluding carboxylic acids is 5. The third-order valence-corrected chi connectivity index (χ3v) is 8.22. The Kier molecular flexibility index (Phi) is 10.3. The predicted octanol–water partition coefficient (Wildman–Crippen LogP) is 5.92. The lowest BCUT2D eigenvalue weighted by atomic mass is 9.76. The smallest absolute Gasteiger partial charge is 0.224 e. The summed E-state index contributed by atoms with van der Waals surface area (Å²) in [6.07, 6.45) is 1.80. The van der Waals surface area contributed by atoms with Crippen LogP contribution in [0.4, 0.5) is 0 Å². The molecule has 0 radical (unpaired) electrons. The molecule has 1 N–H and O–H groups in total. The first kappa shape index (κ1) is 31.1. The summed E-state index contributed by atoms with van der Waals surface area (Å²) in [5.41, 5.74) is 2.39. The number of aryl methyl sites for hydroxylation is 1. The van der Waals surface area contributed by atoms with Crippen molar-refractivity contribution >= 4 is 29.0 Å². The van der Waals surface area contributed by atoms with Crippen molar-refractivity contribution < 1.29 is 24.0 Å². The molecule has 3 rings (SSSR count). The molecule has 0 bridgehead atoms. The summed E-state index contributed by atoms with van der Waals surface area (Å²) in [4.78, 5) is 65.6. The highest BCUT2D eigenvalue weighted by atomic mass is 16.2. The molecule has 0 unspecified atom stereocenters. The summed E-state index contributed by atoms with van der Waals surface area (Å²) >= 11 is 0. The Balaban J connectivity index is 1.62.